The number of carbonyl (C=O) groups excluding carboxylic acids is 1. The number of halogens is 1. The summed E-state index contributed by atoms with van der Waals surface area (Å²) < 4.78 is 10.7. The summed E-state index contributed by atoms with van der Waals surface area (Å²) in [6, 6.07) is 7.90. The van der Waals surface area contributed by atoms with Crippen molar-refractivity contribution in [2.45, 2.75) is 20.3 Å². The molecule has 2 heterocycles. The van der Waals surface area contributed by atoms with Crippen LogP contribution in [0.2, 0.25) is 5.15 Å². The molecule has 0 spiro atoms. The van der Waals surface area contributed by atoms with E-state index in [1.165, 1.54) is 12.4 Å². The molecule has 7 nitrogen and oxygen atoms in total. The zero-order chi connectivity index (χ0) is 19.2. The van der Waals surface area contributed by atoms with Gasteiger partial charge in [-0.1, -0.05) is 35.4 Å². The average Bonchev–Trinajstić information content (AvgIpc) is 3.03. The summed E-state index contributed by atoms with van der Waals surface area (Å²) in [7, 11) is 0. The Morgan fingerprint density at radius 1 is 1.19 bits per heavy atom. The first-order chi connectivity index (χ1) is 13.0. The normalized spacial score (nSPS) is 10.6. The minimum Gasteiger partial charge on any atom is -0.476 e. The smallest absolute Gasteiger partial charge is 0.358 e. The van der Waals surface area contributed by atoms with Crippen LogP contribution in [0.5, 0.6) is 5.88 Å². The van der Waals surface area contributed by atoms with Crippen molar-refractivity contribution in [3.05, 3.63) is 58.8 Å². The SMILES string of the molecule is Cc1cccc(-c2nc(C(=O)OCCCOc3cncc(Cl)n3)c(C)[nH]2)c1. The van der Waals surface area contributed by atoms with Crippen molar-refractivity contribution in [2.24, 2.45) is 0 Å². The Balaban J connectivity index is 1.51. The van der Waals surface area contributed by atoms with Gasteiger partial charge in [0.25, 0.3) is 0 Å². The Hall–Kier alpha value is -2.93. The quantitative estimate of drug-likeness (QED) is 0.491. The first-order valence-electron chi connectivity index (χ1n) is 8.44. The fraction of sp³-hybridized carbons (Fsp3) is 0.263. The molecule has 8 heteroatoms. The number of ether oxygens (including phenoxy) is 2. The Morgan fingerprint density at radius 3 is 2.81 bits per heavy atom. The maximum absolute atomic E-state index is 12.3. The number of aromatic nitrogens is 4. The Labute approximate surface area is 161 Å². The van der Waals surface area contributed by atoms with Gasteiger partial charge in [-0.2, -0.15) is 4.98 Å². The molecule has 0 fully saturated rings. The van der Waals surface area contributed by atoms with E-state index in [1.54, 1.807) is 6.92 Å². The summed E-state index contributed by atoms with van der Waals surface area (Å²) in [6.45, 7) is 4.34. The van der Waals surface area contributed by atoms with E-state index in [0.717, 1.165) is 11.1 Å². The van der Waals surface area contributed by atoms with Crippen molar-refractivity contribution in [3.8, 4) is 17.3 Å². The number of H-pyrrole nitrogens is 1. The molecule has 0 unspecified atom stereocenters. The van der Waals surface area contributed by atoms with Crippen LogP contribution in [0.1, 0.15) is 28.2 Å². The zero-order valence-corrected chi connectivity index (χ0v) is 15.8. The van der Waals surface area contributed by atoms with E-state index in [4.69, 9.17) is 21.1 Å². The zero-order valence-electron chi connectivity index (χ0n) is 15.0. The van der Waals surface area contributed by atoms with Gasteiger partial charge in [0.2, 0.25) is 5.88 Å². The van der Waals surface area contributed by atoms with Gasteiger partial charge in [0.05, 0.1) is 25.6 Å². The van der Waals surface area contributed by atoms with Crippen LogP contribution < -0.4 is 4.74 Å². The monoisotopic (exact) mass is 386 g/mol. The molecule has 3 rings (SSSR count). The first kappa shape index (κ1) is 18.8. The van der Waals surface area contributed by atoms with Gasteiger partial charge in [-0.15, -0.1) is 0 Å². The molecule has 0 aliphatic carbocycles. The van der Waals surface area contributed by atoms with Gasteiger partial charge in [0, 0.05) is 17.7 Å². The van der Waals surface area contributed by atoms with E-state index in [2.05, 4.69) is 19.9 Å². The predicted octanol–water partition coefficient (Wildman–Crippen LogP) is 3.76. The number of imidazole rings is 1. The number of aryl methyl sites for hydroxylation is 2. The molecule has 0 amide bonds. The second-order valence-corrected chi connectivity index (χ2v) is 6.33. The maximum Gasteiger partial charge on any atom is 0.358 e. The molecule has 0 radical (unpaired) electrons. The third-order valence-corrected chi connectivity index (χ3v) is 3.91. The van der Waals surface area contributed by atoms with E-state index >= 15 is 0 Å². The van der Waals surface area contributed by atoms with Crippen LogP contribution in [0.4, 0.5) is 0 Å². The highest BCUT2D eigenvalue weighted by Crippen LogP contribution is 2.19. The van der Waals surface area contributed by atoms with E-state index in [9.17, 15) is 4.79 Å². The second kappa shape index (κ2) is 8.64. The van der Waals surface area contributed by atoms with Crippen molar-refractivity contribution < 1.29 is 14.3 Å². The number of carbonyl (C=O) groups is 1. The maximum atomic E-state index is 12.3. The molecular formula is C19H19ClN4O3. The largest absolute Gasteiger partial charge is 0.476 e. The Morgan fingerprint density at radius 2 is 2.04 bits per heavy atom. The molecule has 0 saturated heterocycles. The van der Waals surface area contributed by atoms with Crippen molar-refractivity contribution in [3.63, 3.8) is 0 Å². The van der Waals surface area contributed by atoms with Gasteiger partial charge >= 0.3 is 5.97 Å². The molecule has 3 aromatic rings. The molecule has 1 aromatic carbocycles. The highest BCUT2D eigenvalue weighted by molar-refractivity contribution is 6.29. The van der Waals surface area contributed by atoms with E-state index < -0.39 is 5.97 Å². The number of nitrogens with zero attached hydrogens (tertiary/aromatic N) is 3. The molecule has 0 saturated carbocycles. The lowest BCUT2D eigenvalue weighted by molar-refractivity contribution is 0.0478. The summed E-state index contributed by atoms with van der Waals surface area (Å²) in [5.74, 6) is 0.510. The van der Waals surface area contributed by atoms with E-state index in [-0.39, 0.29) is 17.5 Å². The molecule has 27 heavy (non-hydrogen) atoms. The third-order valence-electron chi connectivity index (χ3n) is 3.72. The summed E-state index contributed by atoms with van der Waals surface area (Å²) in [4.78, 5) is 27.6. The highest BCUT2D eigenvalue weighted by atomic mass is 35.5. The number of hydrogen-bond donors (Lipinski definition) is 1. The van der Waals surface area contributed by atoms with Crippen molar-refractivity contribution >= 4 is 17.6 Å². The lowest BCUT2D eigenvalue weighted by Crippen LogP contribution is -2.11. The van der Waals surface area contributed by atoms with Crippen LogP contribution in [0.25, 0.3) is 11.4 Å². The lowest BCUT2D eigenvalue weighted by atomic mass is 10.1. The second-order valence-electron chi connectivity index (χ2n) is 5.95. The van der Waals surface area contributed by atoms with Crippen molar-refractivity contribution in [2.75, 3.05) is 13.2 Å². The predicted molar refractivity (Wildman–Crippen MR) is 101 cm³/mol. The van der Waals surface area contributed by atoms with Crippen molar-refractivity contribution in [1.82, 2.24) is 19.9 Å². The van der Waals surface area contributed by atoms with Crippen LogP contribution >= 0.6 is 11.6 Å². The van der Waals surface area contributed by atoms with Crippen LogP contribution in [-0.4, -0.2) is 39.1 Å². The topological polar surface area (TPSA) is 90.0 Å². The molecule has 140 valence electrons. The number of nitrogens with one attached hydrogen (secondary N) is 1. The van der Waals surface area contributed by atoms with Crippen molar-refractivity contribution in [1.29, 1.82) is 0 Å². The van der Waals surface area contributed by atoms with Crippen LogP contribution in [0.3, 0.4) is 0 Å². The molecular weight excluding hydrogens is 368 g/mol. The minimum absolute atomic E-state index is 0.207. The number of hydrogen-bond acceptors (Lipinski definition) is 6. The van der Waals surface area contributed by atoms with Gasteiger partial charge in [-0.05, 0) is 19.9 Å². The molecule has 2 aromatic heterocycles. The lowest BCUT2D eigenvalue weighted by Gasteiger charge is -2.05. The summed E-state index contributed by atoms with van der Waals surface area (Å²) in [6.07, 6.45) is 3.40. The molecule has 1 N–H and O–H groups in total. The van der Waals surface area contributed by atoms with Gasteiger partial charge < -0.3 is 14.5 Å². The number of rotatable bonds is 7. The Kier molecular flexibility index (Phi) is 6.03. The molecule has 0 bridgehead atoms. The third kappa shape index (κ3) is 5.04. The van der Waals surface area contributed by atoms with Gasteiger partial charge in [-0.25, -0.2) is 9.78 Å². The average molecular weight is 387 g/mol. The van der Waals surface area contributed by atoms with Gasteiger partial charge in [0.15, 0.2) is 10.8 Å². The van der Waals surface area contributed by atoms with Crippen LogP contribution in [-0.2, 0) is 4.74 Å². The fourth-order valence-corrected chi connectivity index (χ4v) is 2.59. The van der Waals surface area contributed by atoms with Gasteiger partial charge in [0.1, 0.15) is 5.82 Å². The standard InChI is InChI=1S/C19H19ClN4O3/c1-12-5-3-6-14(9-12)18-22-13(2)17(24-18)19(25)27-8-4-7-26-16-11-21-10-15(20)23-16/h3,5-6,9-11H,4,7-8H2,1-2H3,(H,22,24). The fourth-order valence-electron chi connectivity index (χ4n) is 2.45. The van der Waals surface area contributed by atoms with Crippen LogP contribution in [0.15, 0.2) is 36.7 Å². The summed E-state index contributed by atoms with van der Waals surface area (Å²) in [5, 5.41) is 0.261. The summed E-state index contributed by atoms with van der Waals surface area (Å²) in [5.41, 5.74) is 3.00. The first-order valence-corrected chi connectivity index (χ1v) is 8.82. The molecule has 0 atom stereocenters. The van der Waals surface area contributed by atoms with E-state index in [0.29, 0.717) is 30.4 Å². The van der Waals surface area contributed by atoms with Gasteiger partial charge in [-0.3, -0.25) is 4.98 Å². The number of benzene rings is 1. The number of aromatic amines is 1. The Bertz CT molecular complexity index is 942. The van der Waals surface area contributed by atoms with Crippen LogP contribution in [0, 0.1) is 13.8 Å². The molecule has 0 aliphatic rings. The highest BCUT2D eigenvalue weighted by Gasteiger charge is 2.17. The molecule has 0 aliphatic heterocycles. The number of esters is 1. The summed E-state index contributed by atoms with van der Waals surface area (Å²) >= 11 is 5.73. The van der Waals surface area contributed by atoms with E-state index in [1.807, 2.05) is 31.2 Å². The minimum atomic E-state index is -0.467.